The van der Waals surface area contributed by atoms with Crippen LogP contribution in [0, 0.1) is 13.8 Å². The van der Waals surface area contributed by atoms with Crippen molar-refractivity contribution in [2.24, 2.45) is 0 Å². The van der Waals surface area contributed by atoms with Gasteiger partial charge >= 0.3 is 0 Å². The lowest BCUT2D eigenvalue weighted by Gasteiger charge is -2.10. The van der Waals surface area contributed by atoms with Crippen molar-refractivity contribution in [2.75, 3.05) is 7.11 Å². The standard InChI is InChI=1S/C17H18N2O2/c1-11-7-12(2)16(21-3)14(8-11)15-9-19-6-4-5-13(10-20)17(19)18-15/h4-9,20H,10H2,1-3H3. The van der Waals surface area contributed by atoms with Gasteiger partial charge in [0.15, 0.2) is 0 Å². The molecule has 1 aromatic carbocycles. The number of nitrogens with zero attached hydrogens (tertiary/aromatic N) is 2. The van der Waals surface area contributed by atoms with Gasteiger partial charge in [-0.25, -0.2) is 4.98 Å². The zero-order valence-electron chi connectivity index (χ0n) is 12.4. The van der Waals surface area contributed by atoms with Gasteiger partial charge in [0.25, 0.3) is 0 Å². The Labute approximate surface area is 123 Å². The number of imidazole rings is 1. The predicted molar refractivity (Wildman–Crippen MR) is 82.6 cm³/mol. The molecular weight excluding hydrogens is 264 g/mol. The summed E-state index contributed by atoms with van der Waals surface area (Å²) in [5.74, 6) is 0.842. The molecule has 0 amide bonds. The monoisotopic (exact) mass is 282 g/mol. The summed E-state index contributed by atoms with van der Waals surface area (Å²) in [6.07, 6.45) is 3.89. The number of pyridine rings is 1. The molecule has 0 saturated heterocycles. The van der Waals surface area contributed by atoms with Gasteiger partial charge < -0.3 is 14.2 Å². The van der Waals surface area contributed by atoms with Gasteiger partial charge in [0, 0.05) is 23.5 Å². The summed E-state index contributed by atoms with van der Waals surface area (Å²) in [7, 11) is 1.68. The molecule has 0 fully saturated rings. The van der Waals surface area contributed by atoms with E-state index in [9.17, 15) is 5.11 Å². The Balaban J connectivity index is 2.26. The molecular formula is C17H18N2O2. The Bertz CT molecular complexity index is 806. The van der Waals surface area contributed by atoms with E-state index in [1.807, 2.05) is 35.9 Å². The van der Waals surface area contributed by atoms with Gasteiger partial charge in [0.05, 0.1) is 19.4 Å². The second-order valence-corrected chi connectivity index (χ2v) is 5.21. The van der Waals surface area contributed by atoms with Crippen LogP contribution in [0.25, 0.3) is 16.9 Å². The van der Waals surface area contributed by atoms with Crippen LogP contribution >= 0.6 is 0 Å². The van der Waals surface area contributed by atoms with Gasteiger partial charge in [-0.15, -0.1) is 0 Å². The van der Waals surface area contributed by atoms with Gasteiger partial charge in [-0.1, -0.05) is 12.1 Å². The van der Waals surface area contributed by atoms with E-state index >= 15 is 0 Å². The number of aliphatic hydroxyl groups excluding tert-OH is 1. The first-order valence-corrected chi connectivity index (χ1v) is 6.87. The van der Waals surface area contributed by atoms with Crippen LogP contribution in [-0.2, 0) is 6.61 Å². The highest BCUT2D eigenvalue weighted by molar-refractivity contribution is 5.72. The molecule has 0 aliphatic heterocycles. The number of hydrogen-bond acceptors (Lipinski definition) is 3. The van der Waals surface area contributed by atoms with Crippen LogP contribution < -0.4 is 4.74 Å². The first-order valence-electron chi connectivity index (χ1n) is 6.87. The Morgan fingerprint density at radius 1 is 1.29 bits per heavy atom. The number of aryl methyl sites for hydroxylation is 2. The van der Waals surface area contributed by atoms with Gasteiger partial charge in [0.2, 0.25) is 0 Å². The van der Waals surface area contributed by atoms with Crippen molar-refractivity contribution >= 4 is 5.65 Å². The molecule has 4 heteroatoms. The van der Waals surface area contributed by atoms with Crippen LogP contribution in [0.15, 0.2) is 36.7 Å². The molecule has 1 N–H and O–H groups in total. The third-order valence-corrected chi connectivity index (χ3v) is 3.63. The number of methoxy groups -OCH3 is 1. The lowest BCUT2D eigenvalue weighted by atomic mass is 10.0. The van der Waals surface area contributed by atoms with Gasteiger partial charge in [0.1, 0.15) is 11.4 Å². The van der Waals surface area contributed by atoms with Crippen molar-refractivity contribution in [2.45, 2.75) is 20.5 Å². The molecule has 0 radical (unpaired) electrons. The fraction of sp³-hybridized carbons (Fsp3) is 0.235. The normalized spacial score (nSPS) is 11.0. The highest BCUT2D eigenvalue weighted by Gasteiger charge is 2.14. The van der Waals surface area contributed by atoms with Crippen LogP contribution in [0.4, 0.5) is 0 Å². The predicted octanol–water partition coefficient (Wildman–Crippen LogP) is 3.12. The van der Waals surface area contributed by atoms with E-state index in [0.29, 0.717) is 0 Å². The summed E-state index contributed by atoms with van der Waals surface area (Å²) in [4.78, 5) is 4.67. The van der Waals surface area contributed by atoms with Gasteiger partial charge in [-0.2, -0.15) is 0 Å². The van der Waals surface area contributed by atoms with Crippen molar-refractivity contribution in [3.63, 3.8) is 0 Å². The molecule has 0 spiro atoms. The minimum absolute atomic E-state index is 0.0230. The number of aliphatic hydroxyl groups is 1. The topological polar surface area (TPSA) is 46.8 Å². The van der Waals surface area contributed by atoms with E-state index in [1.165, 1.54) is 5.56 Å². The first kappa shape index (κ1) is 13.6. The number of rotatable bonds is 3. The lowest BCUT2D eigenvalue weighted by Crippen LogP contribution is -1.93. The molecule has 0 bridgehead atoms. The quantitative estimate of drug-likeness (QED) is 0.803. The summed E-state index contributed by atoms with van der Waals surface area (Å²) in [6.45, 7) is 4.07. The zero-order chi connectivity index (χ0) is 15.0. The molecule has 3 rings (SSSR count). The van der Waals surface area contributed by atoms with E-state index in [4.69, 9.17) is 4.74 Å². The first-order chi connectivity index (χ1) is 10.1. The number of aromatic nitrogens is 2. The number of ether oxygens (including phenoxy) is 1. The average molecular weight is 282 g/mol. The van der Waals surface area contributed by atoms with Crippen LogP contribution in [-0.4, -0.2) is 21.6 Å². The van der Waals surface area contributed by atoms with Crippen molar-refractivity contribution in [3.8, 4) is 17.0 Å². The van der Waals surface area contributed by atoms with Crippen molar-refractivity contribution in [1.82, 2.24) is 9.38 Å². The largest absolute Gasteiger partial charge is 0.496 e. The third-order valence-electron chi connectivity index (χ3n) is 3.63. The number of fused-ring (bicyclic) bond motifs is 1. The summed E-state index contributed by atoms with van der Waals surface area (Å²) in [5, 5.41) is 9.43. The number of hydrogen-bond donors (Lipinski definition) is 1. The molecule has 2 aromatic heterocycles. The van der Waals surface area contributed by atoms with Crippen molar-refractivity contribution in [3.05, 3.63) is 53.3 Å². The second-order valence-electron chi connectivity index (χ2n) is 5.21. The molecule has 0 unspecified atom stereocenters. The highest BCUT2D eigenvalue weighted by Crippen LogP contribution is 2.33. The molecule has 108 valence electrons. The molecule has 3 aromatic rings. The van der Waals surface area contributed by atoms with Gasteiger partial charge in [-0.05, 0) is 37.1 Å². The molecule has 2 heterocycles. The minimum atomic E-state index is -0.0230. The van der Waals surface area contributed by atoms with Crippen LogP contribution in [0.1, 0.15) is 16.7 Å². The van der Waals surface area contributed by atoms with E-state index in [0.717, 1.165) is 33.8 Å². The van der Waals surface area contributed by atoms with Crippen LogP contribution in [0.5, 0.6) is 5.75 Å². The maximum absolute atomic E-state index is 9.43. The average Bonchev–Trinajstić information content (AvgIpc) is 2.90. The second kappa shape index (κ2) is 5.22. The molecule has 21 heavy (non-hydrogen) atoms. The SMILES string of the molecule is COc1c(C)cc(C)cc1-c1cn2cccc(CO)c2n1. The van der Waals surface area contributed by atoms with Crippen molar-refractivity contribution < 1.29 is 9.84 Å². The van der Waals surface area contributed by atoms with E-state index in [1.54, 1.807) is 7.11 Å². The lowest BCUT2D eigenvalue weighted by molar-refractivity contribution is 0.282. The maximum atomic E-state index is 9.43. The third kappa shape index (κ3) is 2.28. The Morgan fingerprint density at radius 3 is 2.81 bits per heavy atom. The Hall–Kier alpha value is -2.33. The summed E-state index contributed by atoms with van der Waals surface area (Å²) in [5.41, 5.74) is 5.67. The van der Waals surface area contributed by atoms with E-state index in [-0.39, 0.29) is 6.61 Å². The van der Waals surface area contributed by atoms with Gasteiger partial charge in [-0.3, -0.25) is 0 Å². The van der Waals surface area contributed by atoms with Crippen LogP contribution in [0.3, 0.4) is 0 Å². The van der Waals surface area contributed by atoms with E-state index in [2.05, 4.69) is 24.0 Å². The van der Waals surface area contributed by atoms with E-state index < -0.39 is 0 Å². The summed E-state index contributed by atoms with van der Waals surface area (Å²) < 4.78 is 7.47. The molecule has 4 nitrogen and oxygen atoms in total. The number of benzene rings is 1. The maximum Gasteiger partial charge on any atom is 0.142 e. The molecule has 0 aliphatic carbocycles. The molecule has 0 atom stereocenters. The zero-order valence-corrected chi connectivity index (χ0v) is 12.4. The Morgan fingerprint density at radius 2 is 2.10 bits per heavy atom. The highest BCUT2D eigenvalue weighted by atomic mass is 16.5. The smallest absolute Gasteiger partial charge is 0.142 e. The van der Waals surface area contributed by atoms with Crippen LogP contribution in [0.2, 0.25) is 0 Å². The molecule has 0 saturated carbocycles. The Kier molecular flexibility index (Phi) is 3.39. The molecule has 0 aliphatic rings. The van der Waals surface area contributed by atoms with Crippen molar-refractivity contribution in [1.29, 1.82) is 0 Å². The fourth-order valence-corrected chi connectivity index (χ4v) is 2.74. The summed E-state index contributed by atoms with van der Waals surface area (Å²) in [6, 6.07) is 7.96. The summed E-state index contributed by atoms with van der Waals surface area (Å²) >= 11 is 0. The minimum Gasteiger partial charge on any atom is -0.496 e. The fourth-order valence-electron chi connectivity index (χ4n) is 2.74.